The zero-order valence-electron chi connectivity index (χ0n) is 10.1. The van der Waals surface area contributed by atoms with Gasteiger partial charge in [-0.3, -0.25) is 0 Å². The van der Waals surface area contributed by atoms with Crippen molar-refractivity contribution in [2.24, 2.45) is 5.92 Å². The summed E-state index contributed by atoms with van der Waals surface area (Å²) < 4.78 is 28.2. The van der Waals surface area contributed by atoms with Crippen LogP contribution in [0.25, 0.3) is 0 Å². The van der Waals surface area contributed by atoms with Gasteiger partial charge in [0, 0.05) is 26.2 Å². The Labute approximate surface area is 112 Å². The van der Waals surface area contributed by atoms with Crippen LogP contribution in [0.15, 0.2) is 16.8 Å². The van der Waals surface area contributed by atoms with Gasteiger partial charge in [-0.25, -0.2) is 0 Å². The Balaban J connectivity index is 1.93. The lowest BCUT2D eigenvalue weighted by molar-refractivity contribution is 0.164. The fraction of sp³-hybridized carbons (Fsp3) is 0.636. The number of hydrogen-bond acceptors (Lipinski definition) is 4. The van der Waals surface area contributed by atoms with Gasteiger partial charge in [-0.2, -0.15) is 28.8 Å². The number of nitrogens with zero attached hydrogens (tertiary/aromatic N) is 1. The van der Waals surface area contributed by atoms with Gasteiger partial charge in [0.1, 0.15) is 0 Å². The second-order valence-electron chi connectivity index (χ2n) is 4.51. The van der Waals surface area contributed by atoms with Crippen molar-refractivity contribution in [3.63, 3.8) is 0 Å². The minimum atomic E-state index is -3.43. The Bertz CT molecular complexity index is 459. The van der Waals surface area contributed by atoms with Crippen LogP contribution in [0.5, 0.6) is 0 Å². The van der Waals surface area contributed by atoms with Crippen LogP contribution in [0.2, 0.25) is 0 Å². The highest BCUT2D eigenvalue weighted by Crippen LogP contribution is 2.18. The van der Waals surface area contributed by atoms with E-state index >= 15 is 0 Å². The van der Waals surface area contributed by atoms with E-state index in [1.807, 2.05) is 16.8 Å². The SMILES string of the molecule is O=S(=O)(NCc1ccsc1)N1CCCC(CO)C1. The first kappa shape index (κ1) is 14.0. The Hall–Kier alpha value is -0.470. The van der Waals surface area contributed by atoms with Gasteiger partial charge >= 0.3 is 0 Å². The highest BCUT2D eigenvalue weighted by atomic mass is 32.2. The lowest BCUT2D eigenvalue weighted by atomic mass is 10.0. The van der Waals surface area contributed by atoms with Gasteiger partial charge in [-0.15, -0.1) is 0 Å². The van der Waals surface area contributed by atoms with E-state index in [2.05, 4.69) is 4.72 Å². The van der Waals surface area contributed by atoms with Gasteiger partial charge in [-0.05, 0) is 41.1 Å². The summed E-state index contributed by atoms with van der Waals surface area (Å²) in [5, 5.41) is 13.0. The van der Waals surface area contributed by atoms with Crippen LogP contribution >= 0.6 is 11.3 Å². The van der Waals surface area contributed by atoms with Gasteiger partial charge in [-0.1, -0.05) is 0 Å². The lowest BCUT2D eigenvalue weighted by Gasteiger charge is -2.30. The van der Waals surface area contributed by atoms with Crippen molar-refractivity contribution in [3.8, 4) is 0 Å². The molecular weight excluding hydrogens is 272 g/mol. The molecule has 1 saturated heterocycles. The number of nitrogens with one attached hydrogen (secondary N) is 1. The molecule has 0 bridgehead atoms. The number of aliphatic hydroxyl groups is 1. The maximum Gasteiger partial charge on any atom is 0.279 e. The second-order valence-corrected chi connectivity index (χ2v) is 7.04. The molecule has 7 heteroatoms. The topological polar surface area (TPSA) is 69.6 Å². The highest BCUT2D eigenvalue weighted by Gasteiger charge is 2.28. The molecule has 1 aromatic heterocycles. The lowest BCUT2D eigenvalue weighted by Crippen LogP contribution is -2.46. The fourth-order valence-corrected chi connectivity index (χ4v) is 4.03. The van der Waals surface area contributed by atoms with Gasteiger partial charge in [0.05, 0.1) is 0 Å². The van der Waals surface area contributed by atoms with Crippen molar-refractivity contribution < 1.29 is 13.5 Å². The molecule has 1 unspecified atom stereocenters. The first-order valence-electron chi connectivity index (χ1n) is 5.98. The smallest absolute Gasteiger partial charge is 0.279 e. The van der Waals surface area contributed by atoms with Crippen LogP contribution in [0, 0.1) is 5.92 Å². The quantitative estimate of drug-likeness (QED) is 0.842. The molecule has 1 fully saturated rings. The summed E-state index contributed by atoms with van der Waals surface area (Å²) in [4.78, 5) is 0. The van der Waals surface area contributed by atoms with Crippen LogP contribution in [-0.4, -0.2) is 37.5 Å². The number of aliphatic hydroxyl groups excluding tert-OH is 1. The van der Waals surface area contributed by atoms with Crippen molar-refractivity contribution in [2.45, 2.75) is 19.4 Å². The molecule has 0 radical (unpaired) electrons. The molecule has 1 aromatic rings. The average molecular weight is 290 g/mol. The third kappa shape index (κ3) is 3.52. The molecule has 0 spiro atoms. The fourth-order valence-electron chi connectivity index (χ4n) is 2.05. The summed E-state index contributed by atoms with van der Waals surface area (Å²) in [6, 6.07) is 1.90. The van der Waals surface area contributed by atoms with Crippen LogP contribution < -0.4 is 4.72 Å². The van der Waals surface area contributed by atoms with Crippen LogP contribution in [0.3, 0.4) is 0 Å². The van der Waals surface area contributed by atoms with Crippen LogP contribution in [0.1, 0.15) is 18.4 Å². The first-order valence-corrected chi connectivity index (χ1v) is 8.37. The molecule has 0 saturated carbocycles. The molecule has 2 N–H and O–H groups in total. The van der Waals surface area contributed by atoms with E-state index in [4.69, 9.17) is 5.11 Å². The van der Waals surface area contributed by atoms with E-state index in [-0.39, 0.29) is 12.5 Å². The molecule has 0 aromatic carbocycles. The summed E-state index contributed by atoms with van der Waals surface area (Å²) >= 11 is 1.55. The highest BCUT2D eigenvalue weighted by molar-refractivity contribution is 7.87. The zero-order valence-corrected chi connectivity index (χ0v) is 11.7. The van der Waals surface area contributed by atoms with E-state index in [1.54, 1.807) is 11.3 Å². The minimum Gasteiger partial charge on any atom is -0.396 e. The molecule has 0 aliphatic carbocycles. The number of rotatable bonds is 5. The summed E-state index contributed by atoms with van der Waals surface area (Å²) in [7, 11) is -3.43. The van der Waals surface area contributed by atoms with E-state index in [9.17, 15) is 8.42 Å². The summed E-state index contributed by atoms with van der Waals surface area (Å²) in [5.41, 5.74) is 0.972. The molecular formula is C11H18N2O3S2. The number of hydrogen-bond donors (Lipinski definition) is 2. The molecule has 18 heavy (non-hydrogen) atoms. The number of thiophene rings is 1. The van der Waals surface area contributed by atoms with Gasteiger partial charge in [0.25, 0.3) is 10.2 Å². The van der Waals surface area contributed by atoms with Gasteiger partial charge in [0.2, 0.25) is 0 Å². The maximum absolute atomic E-state index is 12.1. The molecule has 1 aliphatic rings. The Morgan fingerprint density at radius 1 is 1.56 bits per heavy atom. The van der Waals surface area contributed by atoms with Crippen molar-refractivity contribution in [2.75, 3.05) is 19.7 Å². The van der Waals surface area contributed by atoms with Gasteiger partial charge < -0.3 is 5.11 Å². The van der Waals surface area contributed by atoms with Crippen molar-refractivity contribution in [1.29, 1.82) is 0 Å². The molecule has 1 atom stereocenters. The second kappa shape index (κ2) is 6.12. The Morgan fingerprint density at radius 3 is 3.06 bits per heavy atom. The largest absolute Gasteiger partial charge is 0.396 e. The number of piperidine rings is 1. The van der Waals surface area contributed by atoms with Crippen molar-refractivity contribution in [3.05, 3.63) is 22.4 Å². The molecule has 0 amide bonds. The minimum absolute atomic E-state index is 0.0521. The zero-order chi connectivity index (χ0) is 13.0. The van der Waals surface area contributed by atoms with Crippen molar-refractivity contribution in [1.82, 2.24) is 9.03 Å². The predicted molar refractivity (Wildman–Crippen MR) is 71.5 cm³/mol. The molecule has 102 valence electrons. The Kier molecular flexibility index (Phi) is 4.74. The summed E-state index contributed by atoms with van der Waals surface area (Å²) in [5.74, 6) is 0.0662. The van der Waals surface area contributed by atoms with Crippen molar-refractivity contribution >= 4 is 21.5 Å². The average Bonchev–Trinajstić information content (AvgIpc) is 2.90. The summed E-state index contributed by atoms with van der Waals surface area (Å²) in [6.45, 7) is 1.33. The molecule has 2 rings (SSSR count). The predicted octanol–water partition coefficient (Wildman–Crippen LogP) is 0.787. The first-order chi connectivity index (χ1) is 8.62. The van der Waals surface area contributed by atoms with Crippen LogP contribution in [-0.2, 0) is 16.8 Å². The van der Waals surface area contributed by atoms with E-state index < -0.39 is 10.2 Å². The molecule has 1 aliphatic heterocycles. The van der Waals surface area contributed by atoms with Gasteiger partial charge in [0.15, 0.2) is 0 Å². The maximum atomic E-state index is 12.1. The monoisotopic (exact) mass is 290 g/mol. The third-order valence-electron chi connectivity index (χ3n) is 3.12. The van der Waals surface area contributed by atoms with Crippen LogP contribution in [0.4, 0.5) is 0 Å². The third-order valence-corrected chi connectivity index (χ3v) is 5.37. The Morgan fingerprint density at radius 2 is 2.39 bits per heavy atom. The standard InChI is InChI=1S/C11H18N2O3S2/c14-8-11-2-1-4-13(7-11)18(15,16)12-6-10-3-5-17-9-10/h3,5,9,11-12,14H,1-2,4,6-8H2. The molecule has 2 heterocycles. The summed E-state index contributed by atoms with van der Waals surface area (Å²) in [6.07, 6.45) is 1.71. The molecule has 5 nitrogen and oxygen atoms in total. The van der Waals surface area contributed by atoms with E-state index in [0.717, 1.165) is 18.4 Å². The van der Waals surface area contributed by atoms with E-state index in [1.165, 1.54) is 4.31 Å². The van der Waals surface area contributed by atoms with E-state index in [0.29, 0.717) is 19.6 Å². The normalized spacial score (nSPS) is 22.2.